The second-order valence-corrected chi connectivity index (χ2v) is 6.64. The molecule has 0 bridgehead atoms. The fourth-order valence-electron chi connectivity index (χ4n) is 2.44. The molecule has 0 aliphatic carbocycles. The molecule has 132 valence electrons. The number of benzene rings is 2. The van der Waals surface area contributed by atoms with Crippen LogP contribution in [-0.2, 0) is 6.54 Å². The van der Waals surface area contributed by atoms with Crippen molar-refractivity contribution in [1.82, 2.24) is 4.98 Å². The van der Waals surface area contributed by atoms with Crippen molar-refractivity contribution < 1.29 is 4.79 Å². The number of pyridine rings is 1. The number of nitrogens with zero attached hydrogens (tertiary/aromatic N) is 1. The molecular formula is C20H17Cl2N3O. The van der Waals surface area contributed by atoms with E-state index >= 15 is 0 Å². The summed E-state index contributed by atoms with van der Waals surface area (Å²) in [6.45, 7) is 2.72. The first-order valence-corrected chi connectivity index (χ1v) is 8.78. The Hall–Kier alpha value is -2.56. The molecule has 0 unspecified atom stereocenters. The van der Waals surface area contributed by atoms with Gasteiger partial charge in [0.2, 0.25) is 0 Å². The van der Waals surface area contributed by atoms with Crippen LogP contribution in [0.15, 0.2) is 60.9 Å². The van der Waals surface area contributed by atoms with Gasteiger partial charge in [-0.2, -0.15) is 0 Å². The van der Waals surface area contributed by atoms with Crippen molar-refractivity contribution in [2.24, 2.45) is 0 Å². The van der Waals surface area contributed by atoms with Gasteiger partial charge in [0, 0.05) is 24.6 Å². The zero-order valence-electron chi connectivity index (χ0n) is 14.1. The zero-order valence-corrected chi connectivity index (χ0v) is 15.6. The molecule has 0 atom stereocenters. The molecule has 0 radical (unpaired) electrons. The van der Waals surface area contributed by atoms with Gasteiger partial charge in [0.25, 0.3) is 5.91 Å². The molecule has 6 heteroatoms. The topological polar surface area (TPSA) is 54.0 Å². The largest absolute Gasteiger partial charge is 0.380 e. The molecule has 0 saturated carbocycles. The number of hydrogen-bond donors (Lipinski definition) is 2. The zero-order chi connectivity index (χ0) is 18.5. The Balaban J connectivity index is 1.69. The van der Waals surface area contributed by atoms with Gasteiger partial charge in [-0.05, 0) is 42.3 Å². The summed E-state index contributed by atoms with van der Waals surface area (Å²) in [5, 5.41) is 6.91. The predicted octanol–water partition coefficient (Wildman–Crippen LogP) is 5.56. The van der Waals surface area contributed by atoms with Crippen molar-refractivity contribution >= 4 is 40.5 Å². The van der Waals surface area contributed by atoms with Gasteiger partial charge in [-0.1, -0.05) is 47.5 Å². The van der Waals surface area contributed by atoms with Gasteiger partial charge in [0.05, 0.1) is 21.3 Å². The van der Waals surface area contributed by atoms with Crippen LogP contribution in [0, 0.1) is 6.92 Å². The standard InChI is InChI=1S/C20H17Cl2N3O/c1-13-4-2-3-5-14(13)11-24-17-8-15(10-23-12-17)20(26)25-16-6-7-18(21)19(22)9-16/h2-10,12,24H,11H2,1H3,(H,25,26). The molecule has 0 spiro atoms. The number of anilines is 2. The minimum Gasteiger partial charge on any atom is -0.380 e. The van der Waals surface area contributed by atoms with Crippen molar-refractivity contribution in [2.75, 3.05) is 10.6 Å². The molecule has 2 aromatic carbocycles. The van der Waals surface area contributed by atoms with E-state index in [1.54, 1.807) is 30.5 Å². The van der Waals surface area contributed by atoms with Gasteiger partial charge < -0.3 is 10.6 Å². The third-order valence-electron chi connectivity index (χ3n) is 3.92. The van der Waals surface area contributed by atoms with E-state index in [9.17, 15) is 4.79 Å². The third-order valence-corrected chi connectivity index (χ3v) is 4.66. The van der Waals surface area contributed by atoms with Crippen molar-refractivity contribution in [3.63, 3.8) is 0 Å². The molecule has 4 nitrogen and oxygen atoms in total. The second kappa shape index (κ2) is 8.21. The Morgan fingerprint density at radius 3 is 2.58 bits per heavy atom. The van der Waals surface area contributed by atoms with Crippen LogP contribution in [-0.4, -0.2) is 10.9 Å². The second-order valence-electron chi connectivity index (χ2n) is 5.83. The monoisotopic (exact) mass is 385 g/mol. The first kappa shape index (κ1) is 18.2. The van der Waals surface area contributed by atoms with Crippen LogP contribution >= 0.6 is 23.2 Å². The number of aromatic nitrogens is 1. The molecule has 0 fully saturated rings. The van der Waals surface area contributed by atoms with E-state index in [1.165, 1.54) is 17.3 Å². The quantitative estimate of drug-likeness (QED) is 0.604. The highest BCUT2D eigenvalue weighted by molar-refractivity contribution is 6.42. The Kier molecular flexibility index (Phi) is 5.76. The number of halogens is 2. The summed E-state index contributed by atoms with van der Waals surface area (Å²) >= 11 is 11.9. The summed E-state index contributed by atoms with van der Waals surface area (Å²) in [5.41, 5.74) is 4.20. The summed E-state index contributed by atoms with van der Waals surface area (Å²) in [4.78, 5) is 16.6. The van der Waals surface area contributed by atoms with Crippen LogP contribution in [0.3, 0.4) is 0 Å². The molecule has 3 rings (SSSR count). The maximum atomic E-state index is 12.4. The molecule has 3 aromatic rings. The Labute approximate surface area is 162 Å². The number of hydrogen-bond acceptors (Lipinski definition) is 3. The number of amides is 1. The lowest BCUT2D eigenvalue weighted by Crippen LogP contribution is -2.13. The van der Waals surface area contributed by atoms with Crippen molar-refractivity contribution in [3.05, 3.63) is 87.7 Å². The highest BCUT2D eigenvalue weighted by Gasteiger charge is 2.09. The van der Waals surface area contributed by atoms with Crippen molar-refractivity contribution in [3.8, 4) is 0 Å². The van der Waals surface area contributed by atoms with Gasteiger partial charge in [-0.3, -0.25) is 9.78 Å². The number of carbonyl (C=O) groups is 1. The highest BCUT2D eigenvalue weighted by atomic mass is 35.5. The van der Waals surface area contributed by atoms with Gasteiger partial charge in [-0.15, -0.1) is 0 Å². The molecule has 0 aliphatic rings. The minimum absolute atomic E-state index is 0.268. The van der Waals surface area contributed by atoms with Crippen LogP contribution in [0.4, 0.5) is 11.4 Å². The smallest absolute Gasteiger partial charge is 0.257 e. The summed E-state index contributed by atoms with van der Waals surface area (Å²) in [6.07, 6.45) is 3.21. The van der Waals surface area contributed by atoms with E-state index in [2.05, 4.69) is 34.7 Å². The lowest BCUT2D eigenvalue weighted by molar-refractivity contribution is 0.102. The van der Waals surface area contributed by atoms with Gasteiger partial charge in [0.1, 0.15) is 0 Å². The average molecular weight is 386 g/mol. The van der Waals surface area contributed by atoms with E-state index in [1.807, 2.05) is 12.1 Å². The highest BCUT2D eigenvalue weighted by Crippen LogP contribution is 2.25. The third kappa shape index (κ3) is 4.54. The first-order valence-electron chi connectivity index (χ1n) is 8.03. The van der Waals surface area contributed by atoms with Crippen LogP contribution in [0.5, 0.6) is 0 Å². The number of aryl methyl sites for hydroxylation is 1. The predicted molar refractivity (Wildman–Crippen MR) is 107 cm³/mol. The van der Waals surface area contributed by atoms with Gasteiger partial charge in [-0.25, -0.2) is 0 Å². The first-order chi connectivity index (χ1) is 12.5. The normalized spacial score (nSPS) is 10.4. The molecule has 0 aliphatic heterocycles. The molecule has 0 saturated heterocycles. The summed E-state index contributed by atoms with van der Waals surface area (Å²) < 4.78 is 0. The van der Waals surface area contributed by atoms with Crippen molar-refractivity contribution in [1.29, 1.82) is 0 Å². The van der Waals surface area contributed by atoms with E-state index < -0.39 is 0 Å². The Morgan fingerprint density at radius 1 is 1.00 bits per heavy atom. The van der Waals surface area contributed by atoms with Crippen LogP contribution in [0.1, 0.15) is 21.5 Å². The van der Waals surface area contributed by atoms with E-state index in [0.29, 0.717) is 27.8 Å². The molecular weight excluding hydrogens is 369 g/mol. The lowest BCUT2D eigenvalue weighted by Gasteiger charge is -2.10. The lowest BCUT2D eigenvalue weighted by atomic mass is 10.1. The van der Waals surface area contributed by atoms with Crippen LogP contribution in [0.25, 0.3) is 0 Å². The molecule has 2 N–H and O–H groups in total. The SMILES string of the molecule is Cc1ccccc1CNc1cncc(C(=O)Nc2ccc(Cl)c(Cl)c2)c1. The van der Waals surface area contributed by atoms with Crippen LogP contribution < -0.4 is 10.6 Å². The molecule has 1 heterocycles. The van der Waals surface area contributed by atoms with Crippen LogP contribution in [0.2, 0.25) is 10.0 Å². The molecule has 1 amide bonds. The number of carbonyl (C=O) groups excluding carboxylic acids is 1. The van der Waals surface area contributed by atoms with E-state index in [-0.39, 0.29) is 5.91 Å². The molecule has 26 heavy (non-hydrogen) atoms. The number of nitrogens with one attached hydrogen (secondary N) is 2. The average Bonchev–Trinajstić information content (AvgIpc) is 2.64. The fourth-order valence-corrected chi connectivity index (χ4v) is 2.74. The van der Waals surface area contributed by atoms with E-state index in [4.69, 9.17) is 23.2 Å². The number of rotatable bonds is 5. The van der Waals surface area contributed by atoms with Crippen molar-refractivity contribution in [2.45, 2.75) is 13.5 Å². The molecule has 1 aromatic heterocycles. The summed E-state index contributed by atoms with van der Waals surface area (Å²) in [7, 11) is 0. The maximum absolute atomic E-state index is 12.4. The Bertz CT molecular complexity index is 944. The maximum Gasteiger partial charge on any atom is 0.257 e. The Morgan fingerprint density at radius 2 is 1.81 bits per heavy atom. The minimum atomic E-state index is -0.268. The summed E-state index contributed by atoms with van der Waals surface area (Å²) in [6, 6.07) is 14.8. The fraction of sp³-hybridized carbons (Fsp3) is 0.100. The summed E-state index contributed by atoms with van der Waals surface area (Å²) in [5.74, 6) is -0.268. The van der Waals surface area contributed by atoms with E-state index in [0.717, 1.165) is 5.69 Å². The van der Waals surface area contributed by atoms with Gasteiger partial charge in [0.15, 0.2) is 0 Å². The van der Waals surface area contributed by atoms with Gasteiger partial charge >= 0.3 is 0 Å².